The first-order valence-electron chi connectivity index (χ1n) is 6.39. The third-order valence-corrected chi connectivity index (χ3v) is 5.51. The van der Waals surface area contributed by atoms with Gasteiger partial charge >= 0.3 is 0 Å². The van der Waals surface area contributed by atoms with Crippen molar-refractivity contribution < 1.29 is 0 Å². The maximum Gasteiger partial charge on any atom is -0.0104 e. The molecule has 0 aliphatic heterocycles. The highest BCUT2D eigenvalue weighted by atomic mass is 14.7. The van der Waals surface area contributed by atoms with Gasteiger partial charge in [-0.05, 0) is 54.8 Å². The average molecular weight is 202 g/mol. The Balaban J connectivity index is 1.96. The van der Waals surface area contributed by atoms with Gasteiger partial charge in [-0.1, -0.05) is 38.2 Å². The van der Waals surface area contributed by atoms with Gasteiger partial charge in [0.2, 0.25) is 0 Å². The largest absolute Gasteiger partial charge is 0.0996 e. The van der Waals surface area contributed by atoms with Crippen LogP contribution in [-0.4, -0.2) is 0 Å². The molecule has 3 rings (SSSR count). The monoisotopic (exact) mass is 202 g/mol. The molecule has 0 aromatic rings. The highest BCUT2D eigenvalue weighted by Crippen LogP contribution is 2.70. The lowest BCUT2D eigenvalue weighted by Crippen LogP contribution is -2.15. The first kappa shape index (κ1) is 9.69. The van der Waals surface area contributed by atoms with Crippen molar-refractivity contribution in [3.8, 4) is 0 Å². The van der Waals surface area contributed by atoms with E-state index in [1.54, 1.807) is 0 Å². The van der Waals surface area contributed by atoms with Crippen LogP contribution < -0.4 is 0 Å². The number of allylic oxidation sites excluding steroid dienone is 2. The number of rotatable bonds is 0. The molecule has 3 aliphatic carbocycles. The van der Waals surface area contributed by atoms with Crippen molar-refractivity contribution in [3.63, 3.8) is 0 Å². The van der Waals surface area contributed by atoms with Crippen molar-refractivity contribution in [2.45, 2.75) is 39.5 Å². The maximum absolute atomic E-state index is 4.32. The fourth-order valence-electron chi connectivity index (χ4n) is 4.51. The molecule has 0 aromatic carbocycles. The first-order valence-corrected chi connectivity index (χ1v) is 6.39. The summed E-state index contributed by atoms with van der Waals surface area (Å²) in [6, 6.07) is 0. The minimum absolute atomic E-state index is 0.594. The smallest absolute Gasteiger partial charge is 0.0104 e. The van der Waals surface area contributed by atoms with Gasteiger partial charge in [-0.25, -0.2) is 0 Å². The molecule has 0 radical (unpaired) electrons. The number of fused-ring (bicyclic) bond motifs is 3. The molecular weight excluding hydrogens is 180 g/mol. The molecule has 0 heteroatoms. The van der Waals surface area contributed by atoms with Crippen molar-refractivity contribution in [1.82, 2.24) is 0 Å². The Morgan fingerprint density at radius 1 is 1.07 bits per heavy atom. The van der Waals surface area contributed by atoms with Crippen molar-refractivity contribution >= 4 is 0 Å². The minimum Gasteiger partial charge on any atom is -0.0996 e. The van der Waals surface area contributed by atoms with Gasteiger partial charge in [-0.3, -0.25) is 0 Å². The molecule has 3 fully saturated rings. The molecule has 0 amide bonds. The van der Waals surface area contributed by atoms with E-state index in [4.69, 9.17) is 0 Å². The van der Waals surface area contributed by atoms with Gasteiger partial charge < -0.3 is 0 Å². The summed E-state index contributed by atoms with van der Waals surface area (Å²) in [4.78, 5) is 0. The van der Waals surface area contributed by atoms with Gasteiger partial charge in [0.1, 0.15) is 0 Å². The van der Waals surface area contributed by atoms with Crippen molar-refractivity contribution in [1.29, 1.82) is 0 Å². The summed E-state index contributed by atoms with van der Waals surface area (Å²) in [7, 11) is 0. The lowest BCUT2D eigenvalue weighted by atomic mass is 9.82. The minimum atomic E-state index is 0.594. The topological polar surface area (TPSA) is 0 Å². The molecule has 0 N–H and O–H groups in total. The van der Waals surface area contributed by atoms with Gasteiger partial charge in [0.15, 0.2) is 0 Å². The molecule has 82 valence electrons. The summed E-state index contributed by atoms with van der Waals surface area (Å²) in [5.41, 5.74) is 3.65. The zero-order valence-corrected chi connectivity index (χ0v) is 10.1. The molecule has 0 heterocycles. The summed E-state index contributed by atoms with van der Waals surface area (Å²) in [6.07, 6.45) is 5.26. The van der Waals surface area contributed by atoms with Crippen LogP contribution in [0.3, 0.4) is 0 Å². The third kappa shape index (κ3) is 1.14. The van der Waals surface area contributed by atoms with E-state index < -0.39 is 0 Å². The fourth-order valence-corrected chi connectivity index (χ4v) is 4.51. The van der Waals surface area contributed by atoms with Crippen LogP contribution in [-0.2, 0) is 0 Å². The van der Waals surface area contributed by atoms with Crippen LogP contribution in [0.15, 0.2) is 24.3 Å². The molecule has 0 aromatic heterocycles. The van der Waals surface area contributed by atoms with Crippen LogP contribution in [0.2, 0.25) is 0 Å². The quantitative estimate of drug-likeness (QED) is 0.517. The van der Waals surface area contributed by atoms with Crippen LogP contribution in [0, 0.1) is 29.1 Å². The van der Waals surface area contributed by atoms with Gasteiger partial charge in [-0.2, -0.15) is 0 Å². The summed E-state index contributed by atoms with van der Waals surface area (Å²) in [5, 5.41) is 0. The third-order valence-electron chi connectivity index (χ3n) is 5.51. The molecule has 0 nitrogen and oxygen atoms in total. The second-order valence-corrected chi connectivity index (χ2v) is 6.48. The zero-order chi connectivity index (χ0) is 10.8. The standard InChI is InChI=1S/C15H22/c1-9-6-8-12-14(15(12,3)4)13-10(2)5-7-11(9)13/h11-14H,1-2,5-8H2,3-4H3/t11-,12+,13+,14+/m1/s1. The molecule has 0 bridgehead atoms. The van der Waals surface area contributed by atoms with E-state index in [0.29, 0.717) is 5.41 Å². The van der Waals surface area contributed by atoms with Gasteiger partial charge in [0.05, 0.1) is 0 Å². The van der Waals surface area contributed by atoms with E-state index in [1.807, 2.05) is 0 Å². The Bertz CT molecular complexity index is 334. The maximum atomic E-state index is 4.32. The molecule has 0 saturated heterocycles. The second kappa shape index (κ2) is 2.78. The fraction of sp³-hybridized carbons (Fsp3) is 0.733. The van der Waals surface area contributed by atoms with Crippen LogP contribution in [0.1, 0.15) is 39.5 Å². The summed E-state index contributed by atoms with van der Waals surface area (Å²) in [5.74, 6) is 3.46. The Morgan fingerprint density at radius 3 is 2.47 bits per heavy atom. The molecule has 3 aliphatic rings. The Labute approximate surface area is 93.5 Å². The van der Waals surface area contributed by atoms with Gasteiger partial charge in [0, 0.05) is 0 Å². The first-order chi connectivity index (χ1) is 7.03. The molecular formula is C15H22. The predicted molar refractivity (Wildman–Crippen MR) is 64.5 cm³/mol. The predicted octanol–water partition coefficient (Wildman–Crippen LogP) is 4.19. The van der Waals surface area contributed by atoms with Gasteiger partial charge in [-0.15, -0.1) is 0 Å². The number of hydrogen-bond acceptors (Lipinski definition) is 0. The molecule has 0 spiro atoms. The van der Waals surface area contributed by atoms with Crippen LogP contribution in [0.25, 0.3) is 0 Å². The van der Waals surface area contributed by atoms with Crippen molar-refractivity contribution in [2.24, 2.45) is 29.1 Å². The van der Waals surface area contributed by atoms with E-state index in [0.717, 1.165) is 23.7 Å². The highest BCUT2D eigenvalue weighted by molar-refractivity contribution is 5.28. The summed E-state index contributed by atoms with van der Waals surface area (Å²) in [6.45, 7) is 13.5. The Morgan fingerprint density at radius 2 is 1.73 bits per heavy atom. The van der Waals surface area contributed by atoms with Crippen LogP contribution in [0.5, 0.6) is 0 Å². The lowest BCUT2D eigenvalue weighted by molar-refractivity contribution is 0.377. The van der Waals surface area contributed by atoms with Crippen molar-refractivity contribution in [3.05, 3.63) is 24.3 Å². The molecule has 3 saturated carbocycles. The van der Waals surface area contributed by atoms with E-state index in [1.165, 1.54) is 36.8 Å². The van der Waals surface area contributed by atoms with E-state index in [-0.39, 0.29) is 0 Å². The summed E-state index contributed by atoms with van der Waals surface area (Å²) < 4.78 is 0. The highest BCUT2D eigenvalue weighted by Gasteiger charge is 2.63. The van der Waals surface area contributed by atoms with Crippen LogP contribution in [0.4, 0.5) is 0 Å². The second-order valence-electron chi connectivity index (χ2n) is 6.48. The number of hydrogen-bond donors (Lipinski definition) is 0. The lowest BCUT2D eigenvalue weighted by Gasteiger charge is -2.23. The molecule has 4 atom stereocenters. The average Bonchev–Trinajstić information content (AvgIpc) is 2.55. The van der Waals surface area contributed by atoms with Crippen LogP contribution >= 0.6 is 0 Å². The normalized spacial score (nSPS) is 47.1. The van der Waals surface area contributed by atoms with Gasteiger partial charge in [0.25, 0.3) is 0 Å². The molecule has 0 unspecified atom stereocenters. The van der Waals surface area contributed by atoms with Crippen molar-refractivity contribution in [2.75, 3.05) is 0 Å². The Kier molecular flexibility index (Phi) is 1.80. The SMILES string of the molecule is C=C1CC[C@@H]2C(=C)CC[C@H]3[C@@H]([C@@H]12)C3(C)C. The van der Waals surface area contributed by atoms with E-state index in [2.05, 4.69) is 27.0 Å². The van der Waals surface area contributed by atoms with E-state index in [9.17, 15) is 0 Å². The zero-order valence-electron chi connectivity index (χ0n) is 10.1. The Hall–Kier alpha value is -0.520. The van der Waals surface area contributed by atoms with E-state index >= 15 is 0 Å². The summed E-state index contributed by atoms with van der Waals surface area (Å²) >= 11 is 0. The molecule has 15 heavy (non-hydrogen) atoms.